The Kier molecular flexibility index (Phi) is 8.87. The third kappa shape index (κ3) is 5.97. The quantitative estimate of drug-likeness (QED) is 0.559. The lowest BCUT2D eigenvalue weighted by Crippen LogP contribution is -2.45. The van der Waals surface area contributed by atoms with Crippen molar-refractivity contribution in [1.29, 1.82) is 0 Å². The highest BCUT2D eigenvalue weighted by atomic mass is 16.5. The van der Waals surface area contributed by atoms with Crippen LogP contribution >= 0.6 is 0 Å². The van der Waals surface area contributed by atoms with E-state index < -0.39 is 11.2 Å². The molecule has 3 N–H and O–H groups in total. The number of methoxy groups -OCH3 is 1. The topological polar surface area (TPSA) is 114 Å². The van der Waals surface area contributed by atoms with E-state index in [1.54, 1.807) is 24.0 Å². The fourth-order valence-electron chi connectivity index (χ4n) is 3.34. The van der Waals surface area contributed by atoms with Crippen LogP contribution in [0.1, 0.15) is 38.3 Å². The van der Waals surface area contributed by atoms with Gasteiger partial charge in [-0.25, -0.2) is 4.79 Å². The summed E-state index contributed by atoms with van der Waals surface area (Å²) in [6.07, 6.45) is 1.61. The van der Waals surface area contributed by atoms with E-state index in [9.17, 15) is 14.4 Å². The Bertz CT molecular complexity index is 970. The molecule has 0 saturated carbocycles. The number of carbonyl (C=O) groups is 1. The van der Waals surface area contributed by atoms with Crippen LogP contribution < -0.4 is 21.9 Å². The van der Waals surface area contributed by atoms with Gasteiger partial charge in [0.15, 0.2) is 0 Å². The second kappa shape index (κ2) is 11.4. The minimum Gasteiger partial charge on any atom is -0.383 e. The number of nitrogens with zero attached hydrogens (tertiary/aromatic N) is 3. The predicted octanol–water partition coefficient (Wildman–Crippen LogP) is 1.59. The number of H-pyrrole nitrogens is 1. The van der Waals surface area contributed by atoms with Crippen LogP contribution in [0.5, 0.6) is 0 Å². The Hall–Kier alpha value is -3.07. The number of likely N-dealkylation sites (N-methyl/N-ethyl adjacent to an activating group) is 1. The molecule has 0 radical (unpaired) electrons. The van der Waals surface area contributed by atoms with Crippen LogP contribution in [0.4, 0.5) is 11.5 Å². The van der Waals surface area contributed by atoms with Gasteiger partial charge in [-0.15, -0.1) is 0 Å². The normalized spacial score (nSPS) is 11.9. The average molecular weight is 432 g/mol. The van der Waals surface area contributed by atoms with Crippen molar-refractivity contribution in [2.24, 2.45) is 0 Å². The SMILES string of the molecule is CCCCn1c(N)c(N(CCOC)CC(=O)N(C)C(C)c2ccccc2)c(=O)[nH]c1=O. The van der Waals surface area contributed by atoms with Crippen molar-refractivity contribution in [1.82, 2.24) is 14.5 Å². The van der Waals surface area contributed by atoms with Gasteiger partial charge in [-0.1, -0.05) is 43.7 Å². The Morgan fingerprint density at radius 1 is 1.26 bits per heavy atom. The molecule has 31 heavy (non-hydrogen) atoms. The highest BCUT2D eigenvalue weighted by Gasteiger charge is 2.24. The van der Waals surface area contributed by atoms with E-state index in [1.807, 2.05) is 44.2 Å². The minimum atomic E-state index is -0.613. The molecule has 0 spiro atoms. The number of nitrogen functional groups attached to an aromatic ring is 1. The molecule has 1 unspecified atom stereocenters. The summed E-state index contributed by atoms with van der Waals surface area (Å²) in [5.74, 6) is -0.123. The van der Waals surface area contributed by atoms with Crippen molar-refractivity contribution < 1.29 is 9.53 Å². The fraction of sp³-hybridized carbons (Fsp3) is 0.500. The summed E-state index contributed by atoms with van der Waals surface area (Å²) in [7, 11) is 3.27. The van der Waals surface area contributed by atoms with E-state index in [0.29, 0.717) is 6.54 Å². The number of nitrogens with one attached hydrogen (secondary N) is 1. The second-order valence-corrected chi connectivity index (χ2v) is 7.50. The van der Waals surface area contributed by atoms with Crippen LogP contribution in [0.3, 0.4) is 0 Å². The number of hydrogen-bond acceptors (Lipinski definition) is 6. The minimum absolute atomic E-state index is 0.0601. The molecule has 0 saturated heterocycles. The van der Waals surface area contributed by atoms with E-state index in [1.165, 1.54) is 4.57 Å². The summed E-state index contributed by atoms with van der Waals surface area (Å²) in [4.78, 5) is 43.5. The van der Waals surface area contributed by atoms with Crippen LogP contribution in [0.25, 0.3) is 0 Å². The summed E-state index contributed by atoms with van der Waals surface area (Å²) >= 11 is 0. The van der Waals surface area contributed by atoms with Gasteiger partial charge >= 0.3 is 5.69 Å². The van der Waals surface area contributed by atoms with E-state index in [2.05, 4.69) is 4.98 Å². The molecule has 2 aromatic rings. The van der Waals surface area contributed by atoms with Gasteiger partial charge in [0.05, 0.1) is 19.2 Å². The Labute approximate surface area is 182 Å². The number of carbonyl (C=O) groups excluding carboxylic acids is 1. The zero-order chi connectivity index (χ0) is 23.0. The zero-order valence-electron chi connectivity index (χ0n) is 18.8. The number of benzene rings is 1. The van der Waals surface area contributed by atoms with Crippen molar-refractivity contribution in [3.8, 4) is 0 Å². The molecule has 0 aliphatic heterocycles. The van der Waals surface area contributed by atoms with E-state index in [-0.39, 0.29) is 43.2 Å². The Balaban J connectivity index is 2.34. The fourth-order valence-corrected chi connectivity index (χ4v) is 3.34. The molecule has 1 heterocycles. The first-order valence-electron chi connectivity index (χ1n) is 10.5. The van der Waals surface area contributed by atoms with Gasteiger partial charge in [0.25, 0.3) is 5.56 Å². The van der Waals surface area contributed by atoms with Gasteiger partial charge in [0.1, 0.15) is 11.5 Å². The first-order chi connectivity index (χ1) is 14.8. The molecule has 0 fully saturated rings. The van der Waals surface area contributed by atoms with Gasteiger partial charge in [0, 0.05) is 27.2 Å². The highest BCUT2D eigenvalue weighted by molar-refractivity contribution is 5.82. The summed E-state index contributed by atoms with van der Waals surface area (Å²) in [6.45, 7) is 4.82. The lowest BCUT2D eigenvalue weighted by Gasteiger charge is -2.30. The van der Waals surface area contributed by atoms with Gasteiger partial charge in [-0.05, 0) is 18.9 Å². The van der Waals surface area contributed by atoms with E-state index >= 15 is 0 Å². The molecular weight excluding hydrogens is 398 g/mol. The third-order valence-corrected chi connectivity index (χ3v) is 5.41. The van der Waals surface area contributed by atoms with Crippen LogP contribution in [0.2, 0.25) is 0 Å². The maximum atomic E-state index is 13.1. The highest BCUT2D eigenvalue weighted by Crippen LogP contribution is 2.21. The summed E-state index contributed by atoms with van der Waals surface area (Å²) < 4.78 is 6.51. The summed E-state index contributed by atoms with van der Waals surface area (Å²) in [5, 5.41) is 0. The molecule has 2 rings (SSSR count). The summed E-state index contributed by atoms with van der Waals surface area (Å²) in [5.41, 5.74) is 6.19. The number of nitrogens with two attached hydrogens (primary N) is 1. The maximum absolute atomic E-state index is 13.1. The van der Waals surface area contributed by atoms with Crippen LogP contribution in [-0.4, -0.2) is 54.2 Å². The molecule has 9 nitrogen and oxygen atoms in total. The lowest BCUT2D eigenvalue weighted by molar-refractivity contribution is -0.130. The van der Waals surface area contributed by atoms with Crippen molar-refractivity contribution in [3.63, 3.8) is 0 Å². The number of ether oxygens (including phenoxy) is 1. The van der Waals surface area contributed by atoms with Crippen molar-refractivity contribution in [3.05, 3.63) is 56.7 Å². The first kappa shape index (κ1) is 24.2. The Morgan fingerprint density at radius 3 is 2.55 bits per heavy atom. The number of amides is 1. The number of hydrogen-bond donors (Lipinski definition) is 2. The van der Waals surface area contributed by atoms with E-state index in [4.69, 9.17) is 10.5 Å². The molecular formula is C22H33N5O4. The van der Waals surface area contributed by atoms with Crippen LogP contribution in [0, 0.1) is 0 Å². The van der Waals surface area contributed by atoms with Crippen molar-refractivity contribution >= 4 is 17.4 Å². The van der Waals surface area contributed by atoms with E-state index in [0.717, 1.165) is 18.4 Å². The number of rotatable bonds is 11. The molecule has 1 atom stereocenters. The standard InChI is InChI=1S/C22H33N5O4/c1-5-6-12-27-20(23)19(21(29)24-22(27)30)26(13-14-31-4)15-18(28)25(3)16(2)17-10-8-7-9-11-17/h7-11,16H,5-6,12-15,23H2,1-4H3,(H,24,29,30). The van der Waals surface area contributed by atoms with Crippen LogP contribution in [-0.2, 0) is 16.1 Å². The number of aromatic nitrogens is 2. The largest absolute Gasteiger partial charge is 0.383 e. The molecule has 9 heteroatoms. The monoisotopic (exact) mass is 431 g/mol. The van der Waals surface area contributed by atoms with Crippen LogP contribution in [0.15, 0.2) is 39.9 Å². The van der Waals surface area contributed by atoms with Crippen molar-refractivity contribution in [2.45, 2.75) is 39.3 Å². The number of aromatic amines is 1. The first-order valence-corrected chi connectivity index (χ1v) is 10.5. The van der Waals surface area contributed by atoms with Gasteiger partial charge in [0.2, 0.25) is 5.91 Å². The van der Waals surface area contributed by atoms with Gasteiger partial charge in [-0.2, -0.15) is 0 Å². The second-order valence-electron chi connectivity index (χ2n) is 7.50. The molecule has 1 amide bonds. The smallest absolute Gasteiger partial charge is 0.330 e. The zero-order valence-corrected chi connectivity index (χ0v) is 18.8. The molecule has 170 valence electrons. The molecule has 0 aliphatic rings. The number of anilines is 2. The molecule has 1 aromatic carbocycles. The van der Waals surface area contributed by atoms with Gasteiger partial charge in [-0.3, -0.25) is 19.1 Å². The maximum Gasteiger partial charge on any atom is 0.330 e. The lowest BCUT2D eigenvalue weighted by atomic mass is 10.1. The summed E-state index contributed by atoms with van der Waals surface area (Å²) in [6, 6.07) is 9.55. The predicted molar refractivity (Wildman–Crippen MR) is 122 cm³/mol. The molecule has 0 aliphatic carbocycles. The van der Waals surface area contributed by atoms with Crippen molar-refractivity contribution in [2.75, 3.05) is 44.5 Å². The molecule has 1 aromatic heterocycles. The third-order valence-electron chi connectivity index (χ3n) is 5.41. The van der Waals surface area contributed by atoms with Gasteiger partial charge < -0.3 is 20.3 Å². The average Bonchev–Trinajstić information content (AvgIpc) is 2.76. The Morgan fingerprint density at radius 2 is 1.94 bits per heavy atom. The molecule has 0 bridgehead atoms. The number of unbranched alkanes of at least 4 members (excludes halogenated alkanes) is 1.